The molecule has 84 heavy (non-hydrogen) atoms. The summed E-state index contributed by atoms with van der Waals surface area (Å²) in [4.78, 5) is 103. The van der Waals surface area contributed by atoms with Crippen molar-refractivity contribution in [2.45, 2.75) is 145 Å². The van der Waals surface area contributed by atoms with Gasteiger partial charge in [0.1, 0.15) is 48.6 Å². The minimum Gasteiger partial charge on any atom is -0.504 e. The molecule has 0 spiro atoms. The highest BCUT2D eigenvalue weighted by molar-refractivity contribution is 6.00. The van der Waals surface area contributed by atoms with Gasteiger partial charge in [-0.3, -0.25) is 33.6 Å². The van der Waals surface area contributed by atoms with E-state index in [1.54, 1.807) is 19.2 Å². The Bertz CT molecular complexity index is 2690. The van der Waals surface area contributed by atoms with Crippen molar-refractivity contribution < 1.29 is 83.5 Å². The number of phenols is 1. The molecule has 0 aromatic heterocycles. The normalized spacial score (nSPS) is 25.9. The van der Waals surface area contributed by atoms with Gasteiger partial charge in [0.05, 0.1) is 43.2 Å². The van der Waals surface area contributed by atoms with Gasteiger partial charge in [-0.05, 0) is 85.8 Å². The fourth-order valence-electron chi connectivity index (χ4n) is 10.5. The van der Waals surface area contributed by atoms with Gasteiger partial charge < -0.3 is 97.8 Å². The van der Waals surface area contributed by atoms with Crippen LogP contribution in [0.25, 0.3) is 11.1 Å². The first-order valence-electron chi connectivity index (χ1n) is 28.5. The van der Waals surface area contributed by atoms with Gasteiger partial charge in [-0.15, -0.1) is 0 Å². The zero-order chi connectivity index (χ0) is 61.2. The lowest BCUT2D eigenvalue weighted by molar-refractivity contribution is -0.147. The van der Waals surface area contributed by atoms with Gasteiger partial charge in [0.15, 0.2) is 11.5 Å². The standard InChI is InChI=1S/C58H83N9O17/c1-32-30-67-50(51(32)74)56(79)61-29-38(69)27-41(62-52(75)37-12-10-35(11-13-37)36-14-16-40(17-15-36)83-23-8-6-4-5-7-22-82-3)53(76)63-47(33(2)68)57(80)66-31-39(70)28-42(66)54(77)64-48(55(78)65-49(58(67)81)44(72)19-20-59)45(73)25-34-9-18-43(71)46(26-34)84-24-21-60/h9-18,26,32-33,38-39,41-42,44-45,47-51,68-74H,4-8,19-25,27-31,59-60H2,1-3H3,(H,61,79)(H,62,75)(H,63,76)(H,64,77)(H,65,78)/t32-,33+,38+,39+,41-,42-,44+,45+,47-,48-,49-,50-,51-/m0/s1. The number of unbranched alkanes of at least 4 members (excludes halogenated alkanes) is 4. The summed E-state index contributed by atoms with van der Waals surface area (Å²) in [5, 5.41) is 91.1. The Morgan fingerprint density at radius 2 is 1.32 bits per heavy atom. The van der Waals surface area contributed by atoms with Crippen LogP contribution in [0, 0.1) is 5.92 Å². The van der Waals surface area contributed by atoms with E-state index in [2.05, 4.69) is 26.6 Å². The van der Waals surface area contributed by atoms with Crippen molar-refractivity contribution in [3.63, 3.8) is 0 Å². The molecule has 6 rings (SSSR count). The zero-order valence-corrected chi connectivity index (χ0v) is 47.6. The van der Waals surface area contributed by atoms with Crippen molar-refractivity contribution in [1.82, 2.24) is 36.4 Å². The van der Waals surface area contributed by atoms with E-state index in [0.29, 0.717) is 12.4 Å². The summed E-state index contributed by atoms with van der Waals surface area (Å²) in [5.74, 6) is -7.86. The van der Waals surface area contributed by atoms with Crippen molar-refractivity contribution in [3.05, 3.63) is 77.9 Å². The molecule has 16 N–H and O–H groups in total. The third-order valence-electron chi connectivity index (χ3n) is 15.1. The highest BCUT2D eigenvalue weighted by atomic mass is 16.5. The fraction of sp³-hybridized carbons (Fsp3) is 0.569. The Hall–Kier alpha value is -7.01. The summed E-state index contributed by atoms with van der Waals surface area (Å²) in [6, 6.07) is 6.92. The summed E-state index contributed by atoms with van der Waals surface area (Å²) in [6.45, 7) is 2.43. The van der Waals surface area contributed by atoms with Crippen LogP contribution in [0.1, 0.15) is 81.1 Å². The van der Waals surface area contributed by atoms with Gasteiger partial charge in [-0.25, -0.2) is 0 Å². The number of aromatic hydroxyl groups is 1. The second-order valence-electron chi connectivity index (χ2n) is 21.7. The van der Waals surface area contributed by atoms with Crippen molar-refractivity contribution in [2.24, 2.45) is 17.4 Å². The first-order chi connectivity index (χ1) is 40.1. The number of amides is 7. The van der Waals surface area contributed by atoms with E-state index in [1.165, 1.54) is 37.3 Å². The van der Waals surface area contributed by atoms with Crippen molar-refractivity contribution in [3.8, 4) is 28.4 Å². The molecule has 3 aromatic rings. The van der Waals surface area contributed by atoms with Crippen LogP contribution in [-0.2, 0) is 39.9 Å². The predicted molar refractivity (Wildman–Crippen MR) is 304 cm³/mol. The van der Waals surface area contributed by atoms with Crippen LogP contribution in [-0.4, -0.2) is 219 Å². The molecule has 462 valence electrons. The molecule has 0 unspecified atom stereocenters. The molecule has 3 heterocycles. The number of benzene rings is 3. The molecular formula is C58H83N9O17. The zero-order valence-electron chi connectivity index (χ0n) is 47.6. The number of nitrogens with one attached hydrogen (secondary N) is 5. The average molecular weight is 1180 g/mol. The van der Waals surface area contributed by atoms with E-state index in [9.17, 15) is 69.3 Å². The van der Waals surface area contributed by atoms with E-state index >= 15 is 0 Å². The highest BCUT2D eigenvalue weighted by Gasteiger charge is 2.49. The minimum atomic E-state index is -2.03. The van der Waals surface area contributed by atoms with Crippen molar-refractivity contribution in [1.29, 1.82) is 0 Å². The Kier molecular flexibility index (Phi) is 25.0. The number of carbonyl (C=O) groups is 7. The number of aliphatic hydroxyl groups is 6. The molecule has 26 nitrogen and oxygen atoms in total. The number of β-amino-alcohol motifs (C(OH)–C–C–N with tert-alkyl or cyclic N) is 1. The summed E-state index contributed by atoms with van der Waals surface area (Å²) in [5.41, 5.74) is 13.3. The number of rotatable bonds is 22. The topological polar surface area (TPSA) is 407 Å². The van der Waals surface area contributed by atoms with Crippen LogP contribution in [0.15, 0.2) is 66.7 Å². The summed E-state index contributed by atoms with van der Waals surface area (Å²) < 4.78 is 16.5. The van der Waals surface area contributed by atoms with E-state index < -0.39 is 152 Å². The lowest BCUT2D eigenvalue weighted by Crippen LogP contribution is -2.64. The van der Waals surface area contributed by atoms with E-state index in [-0.39, 0.29) is 55.3 Å². The molecule has 26 heteroatoms. The van der Waals surface area contributed by atoms with Crippen LogP contribution in [0.4, 0.5) is 0 Å². The van der Waals surface area contributed by atoms with Gasteiger partial charge in [-0.1, -0.05) is 56.5 Å². The molecule has 13 atom stereocenters. The first kappa shape index (κ1) is 66.1. The molecule has 0 radical (unpaired) electrons. The maximum atomic E-state index is 14.7. The average Bonchev–Trinajstić information content (AvgIpc) is 3.31. The van der Waals surface area contributed by atoms with Gasteiger partial charge >= 0.3 is 0 Å². The smallest absolute Gasteiger partial charge is 0.251 e. The number of phenolic OH excluding ortho intramolecular Hbond substituents is 1. The molecule has 3 saturated heterocycles. The maximum absolute atomic E-state index is 14.7. The van der Waals surface area contributed by atoms with Gasteiger partial charge in [-0.2, -0.15) is 0 Å². The van der Waals surface area contributed by atoms with Crippen LogP contribution in [0.5, 0.6) is 17.2 Å². The number of nitrogens with two attached hydrogens (primary N) is 2. The van der Waals surface area contributed by atoms with Crippen LogP contribution < -0.4 is 47.5 Å². The molecule has 0 bridgehead atoms. The maximum Gasteiger partial charge on any atom is 0.251 e. The number of methoxy groups -OCH3 is 1. The molecular weight excluding hydrogens is 1090 g/mol. The molecule has 3 aromatic carbocycles. The minimum absolute atomic E-state index is 0.00152. The summed E-state index contributed by atoms with van der Waals surface area (Å²) >= 11 is 0. The molecule has 3 aliphatic rings. The number of fused-ring (bicyclic) bond motifs is 2. The number of hydrogen-bond donors (Lipinski definition) is 14. The Labute approximate surface area is 487 Å². The first-order valence-corrected chi connectivity index (χ1v) is 28.5. The van der Waals surface area contributed by atoms with Crippen LogP contribution in [0.3, 0.4) is 0 Å². The van der Waals surface area contributed by atoms with Gasteiger partial charge in [0.25, 0.3) is 5.91 Å². The third kappa shape index (κ3) is 17.8. The highest BCUT2D eigenvalue weighted by Crippen LogP contribution is 2.30. The SMILES string of the molecule is COCCCCCCCOc1ccc(-c2ccc(C(=O)N[C@H]3C[C@@H](O)CNC(=O)[C@@H]4[C@@H](O)[C@@H](C)CN4C(=O)[C@H]([C@H](O)CCN)NC(=O)[C@H]([C@H](O)Cc4ccc(O)c(OCCN)c4)NC(=O)[C@@H]4C[C@@H](O)CN4C(=O)[C@H]([C@@H](C)O)NC3=O)cc2)cc1. The predicted octanol–water partition coefficient (Wildman–Crippen LogP) is -2.33. The van der Waals surface area contributed by atoms with E-state index in [0.717, 1.165) is 66.6 Å². The van der Waals surface area contributed by atoms with Crippen LogP contribution >= 0.6 is 0 Å². The second kappa shape index (κ2) is 31.8. The number of aliphatic hydroxyl groups excluding tert-OH is 6. The number of hydrogen-bond acceptors (Lipinski definition) is 19. The van der Waals surface area contributed by atoms with E-state index in [1.807, 2.05) is 24.3 Å². The third-order valence-corrected chi connectivity index (χ3v) is 15.1. The number of ether oxygens (including phenoxy) is 3. The number of carbonyl (C=O) groups excluding carboxylic acids is 7. The largest absolute Gasteiger partial charge is 0.504 e. The van der Waals surface area contributed by atoms with Crippen molar-refractivity contribution >= 4 is 41.4 Å². The monoisotopic (exact) mass is 1180 g/mol. The second-order valence-corrected chi connectivity index (χ2v) is 21.7. The Balaban J connectivity index is 1.29. The van der Waals surface area contributed by atoms with E-state index in [4.69, 9.17) is 25.7 Å². The van der Waals surface area contributed by atoms with Gasteiger partial charge in [0, 0.05) is 70.6 Å². The number of nitrogens with zero attached hydrogens (tertiary/aromatic N) is 2. The Morgan fingerprint density at radius 1 is 0.690 bits per heavy atom. The lowest BCUT2D eigenvalue weighted by Gasteiger charge is -2.34. The fourth-order valence-corrected chi connectivity index (χ4v) is 10.5. The lowest BCUT2D eigenvalue weighted by atomic mass is 9.98. The van der Waals surface area contributed by atoms with Gasteiger partial charge in [0.2, 0.25) is 35.4 Å². The molecule has 7 amide bonds. The van der Waals surface area contributed by atoms with Crippen molar-refractivity contribution in [2.75, 3.05) is 59.7 Å². The molecule has 0 saturated carbocycles. The van der Waals surface area contributed by atoms with Crippen LogP contribution in [0.2, 0.25) is 0 Å². The quantitative estimate of drug-likeness (QED) is 0.0469. The molecule has 3 aliphatic heterocycles. The molecule has 3 fully saturated rings. The summed E-state index contributed by atoms with van der Waals surface area (Å²) in [6.07, 6.45) is -6.59. The molecule has 0 aliphatic carbocycles. The Morgan fingerprint density at radius 3 is 1.98 bits per heavy atom. The summed E-state index contributed by atoms with van der Waals surface area (Å²) in [7, 11) is 1.69.